The van der Waals surface area contributed by atoms with Gasteiger partial charge in [-0.1, -0.05) is 6.07 Å². The Kier molecular flexibility index (Phi) is 3.03. The Balaban J connectivity index is 2.22. The average molecular weight is 263 g/mol. The lowest BCUT2D eigenvalue weighted by Gasteiger charge is -2.14. The normalized spacial score (nSPS) is 10.7. The Morgan fingerprint density at radius 2 is 1.70 bits per heavy atom. The average Bonchev–Trinajstić information content (AvgIpc) is 2.82. The lowest BCUT2D eigenvalue weighted by Crippen LogP contribution is -2.03. The van der Waals surface area contributed by atoms with E-state index in [0.717, 1.165) is 28.3 Å². The minimum absolute atomic E-state index is 0.791. The molecule has 100 valence electrons. The van der Waals surface area contributed by atoms with Gasteiger partial charge in [-0.15, -0.1) is 0 Å². The zero-order valence-electron chi connectivity index (χ0n) is 11.7. The van der Waals surface area contributed by atoms with E-state index in [1.54, 1.807) is 12.4 Å². The first-order valence-electron chi connectivity index (χ1n) is 6.62. The first-order valence-corrected chi connectivity index (χ1v) is 6.62. The third kappa shape index (κ3) is 2.07. The molecule has 3 rings (SSSR count). The maximum absolute atomic E-state index is 6.20. The molecule has 0 aliphatic heterocycles. The smallest absolute Gasteiger partial charge is 0.0688 e. The number of hydrogen-bond acceptors (Lipinski definition) is 2. The minimum Gasteiger partial charge on any atom is -0.397 e. The molecule has 20 heavy (non-hydrogen) atoms. The minimum atomic E-state index is 0.791. The number of aromatic nitrogens is 2. The summed E-state index contributed by atoms with van der Waals surface area (Å²) in [6.07, 6.45) is 3.61. The number of nitrogens with zero attached hydrogens (tertiary/aromatic N) is 2. The number of aryl methyl sites for hydroxylation is 2. The molecule has 2 heterocycles. The number of nitrogens with two attached hydrogens (primary N) is 1. The second-order valence-corrected chi connectivity index (χ2v) is 4.99. The van der Waals surface area contributed by atoms with Gasteiger partial charge in [-0.3, -0.25) is 4.98 Å². The summed E-state index contributed by atoms with van der Waals surface area (Å²) >= 11 is 0. The lowest BCUT2D eigenvalue weighted by atomic mass is 10.1. The van der Waals surface area contributed by atoms with Crippen molar-refractivity contribution >= 4 is 5.69 Å². The molecule has 0 aliphatic carbocycles. The zero-order valence-corrected chi connectivity index (χ0v) is 11.7. The molecule has 3 heteroatoms. The maximum atomic E-state index is 6.20. The number of benzene rings is 1. The molecule has 0 atom stereocenters. The van der Waals surface area contributed by atoms with Crippen LogP contribution >= 0.6 is 0 Å². The molecule has 3 aromatic rings. The molecule has 0 unspecified atom stereocenters. The second-order valence-electron chi connectivity index (χ2n) is 4.99. The number of anilines is 1. The van der Waals surface area contributed by atoms with E-state index in [1.165, 1.54) is 5.56 Å². The number of nitrogen functional groups attached to an aromatic ring is 1. The molecular formula is C17H17N3. The molecular weight excluding hydrogens is 246 g/mol. The number of rotatable bonds is 2. The highest BCUT2D eigenvalue weighted by Gasteiger charge is 2.11. The zero-order chi connectivity index (χ0) is 14.1. The van der Waals surface area contributed by atoms with Crippen molar-refractivity contribution in [3.8, 4) is 16.9 Å². The van der Waals surface area contributed by atoms with Gasteiger partial charge < -0.3 is 10.3 Å². The van der Waals surface area contributed by atoms with Gasteiger partial charge in [0.15, 0.2) is 0 Å². The van der Waals surface area contributed by atoms with Crippen LogP contribution in [-0.4, -0.2) is 9.55 Å². The third-order valence-corrected chi connectivity index (χ3v) is 3.48. The topological polar surface area (TPSA) is 43.8 Å². The van der Waals surface area contributed by atoms with Crippen LogP contribution in [0.4, 0.5) is 5.69 Å². The standard InChI is InChI=1S/C17H17N3/c1-12-3-5-17(15(18)11-12)20-13(2)4-6-16(20)14-7-9-19-10-8-14/h3-11H,18H2,1-2H3. The van der Waals surface area contributed by atoms with Crippen LogP contribution in [0.1, 0.15) is 11.3 Å². The van der Waals surface area contributed by atoms with E-state index in [1.807, 2.05) is 25.1 Å². The quantitative estimate of drug-likeness (QED) is 0.716. The van der Waals surface area contributed by atoms with E-state index < -0.39 is 0 Å². The van der Waals surface area contributed by atoms with Gasteiger partial charge in [0.25, 0.3) is 0 Å². The summed E-state index contributed by atoms with van der Waals surface area (Å²) in [5.74, 6) is 0. The highest BCUT2D eigenvalue weighted by molar-refractivity contribution is 5.68. The van der Waals surface area contributed by atoms with Gasteiger partial charge in [0, 0.05) is 23.7 Å². The molecule has 0 saturated heterocycles. The Hall–Kier alpha value is -2.55. The number of pyridine rings is 1. The van der Waals surface area contributed by atoms with Gasteiger partial charge in [0.1, 0.15) is 0 Å². The van der Waals surface area contributed by atoms with Crippen molar-refractivity contribution in [1.29, 1.82) is 0 Å². The van der Waals surface area contributed by atoms with Crippen LogP contribution in [0.25, 0.3) is 16.9 Å². The summed E-state index contributed by atoms with van der Waals surface area (Å²) in [4.78, 5) is 4.08. The summed E-state index contributed by atoms with van der Waals surface area (Å²) in [6, 6.07) is 14.4. The van der Waals surface area contributed by atoms with Crippen LogP contribution in [0.15, 0.2) is 54.9 Å². The first kappa shape index (κ1) is 12.5. The van der Waals surface area contributed by atoms with Crippen molar-refractivity contribution in [3.05, 3.63) is 66.1 Å². The fourth-order valence-electron chi connectivity index (χ4n) is 2.48. The van der Waals surface area contributed by atoms with Crippen LogP contribution in [0.3, 0.4) is 0 Å². The summed E-state index contributed by atoms with van der Waals surface area (Å²) in [5.41, 5.74) is 12.6. The van der Waals surface area contributed by atoms with Gasteiger partial charge >= 0.3 is 0 Å². The highest BCUT2D eigenvalue weighted by atomic mass is 15.0. The lowest BCUT2D eigenvalue weighted by molar-refractivity contribution is 1.02. The van der Waals surface area contributed by atoms with Crippen molar-refractivity contribution in [1.82, 2.24) is 9.55 Å². The summed E-state index contributed by atoms with van der Waals surface area (Å²) in [6.45, 7) is 4.14. The van der Waals surface area contributed by atoms with E-state index in [-0.39, 0.29) is 0 Å². The SMILES string of the molecule is Cc1ccc(-n2c(C)ccc2-c2ccncc2)c(N)c1. The summed E-state index contributed by atoms with van der Waals surface area (Å²) < 4.78 is 2.18. The molecule has 0 bridgehead atoms. The fourth-order valence-corrected chi connectivity index (χ4v) is 2.48. The van der Waals surface area contributed by atoms with Crippen LogP contribution in [-0.2, 0) is 0 Å². The molecule has 0 saturated carbocycles. The van der Waals surface area contributed by atoms with Gasteiger partial charge in [0.05, 0.1) is 17.1 Å². The van der Waals surface area contributed by atoms with Crippen molar-refractivity contribution in [2.45, 2.75) is 13.8 Å². The van der Waals surface area contributed by atoms with Gasteiger partial charge in [-0.05, 0) is 55.8 Å². The monoisotopic (exact) mass is 263 g/mol. The Morgan fingerprint density at radius 3 is 2.40 bits per heavy atom. The molecule has 0 fully saturated rings. The highest BCUT2D eigenvalue weighted by Crippen LogP contribution is 2.29. The van der Waals surface area contributed by atoms with Crippen LogP contribution in [0, 0.1) is 13.8 Å². The predicted molar refractivity (Wildman–Crippen MR) is 82.9 cm³/mol. The molecule has 0 radical (unpaired) electrons. The van der Waals surface area contributed by atoms with E-state index in [9.17, 15) is 0 Å². The van der Waals surface area contributed by atoms with Crippen molar-refractivity contribution in [2.75, 3.05) is 5.73 Å². The molecule has 0 spiro atoms. The van der Waals surface area contributed by atoms with Crippen LogP contribution in [0.2, 0.25) is 0 Å². The Bertz CT molecular complexity index is 742. The summed E-state index contributed by atoms with van der Waals surface area (Å²) in [7, 11) is 0. The maximum Gasteiger partial charge on any atom is 0.0688 e. The van der Waals surface area contributed by atoms with Crippen LogP contribution in [0.5, 0.6) is 0 Å². The summed E-state index contributed by atoms with van der Waals surface area (Å²) in [5, 5.41) is 0. The Morgan fingerprint density at radius 1 is 0.950 bits per heavy atom. The number of hydrogen-bond donors (Lipinski definition) is 1. The van der Waals surface area contributed by atoms with Gasteiger partial charge in [-0.25, -0.2) is 0 Å². The van der Waals surface area contributed by atoms with Crippen molar-refractivity contribution in [2.24, 2.45) is 0 Å². The fraction of sp³-hybridized carbons (Fsp3) is 0.118. The van der Waals surface area contributed by atoms with E-state index >= 15 is 0 Å². The first-order chi connectivity index (χ1) is 9.66. The van der Waals surface area contributed by atoms with Gasteiger partial charge in [-0.2, -0.15) is 0 Å². The predicted octanol–water partition coefficient (Wildman–Crippen LogP) is 3.74. The second kappa shape index (κ2) is 4.85. The Labute approximate surface area is 118 Å². The molecule has 3 nitrogen and oxygen atoms in total. The van der Waals surface area contributed by atoms with Crippen LogP contribution < -0.4 is 5.73 Å². The largest absolute Gasteiger partial charge is 0.397 e. The molecule has 2 aromatic heterocycles. The van der Waals surface area contributed by atoms with Crippen molar-refractivity contribution in [3.63, 3.8) is 0 Å². The molecule has 0 aliphatic rings. The molecule has 2 N–H and O–H groups in total. The van der Waals surface area contributed by atoms with E-state index in [2.05, 4.69) is 40.7 Å². The van der Waals surface area contributed by atoms with E-state index in [0.29, 0.717) is 0 Å². The molecule has 0 amide bonds. The van der Waals surface area contributed by atoms with Gasteiger partial charge in [0.2, 0.25) is 0 Å². The third-order valence-electron chi connectivity index (χ3n) is 3.48. The van der Waals surface area contributed by atoms with Crippen molar-refractivity contribution < 1.29 is 0 Å². The van der Waals surface area contributed by atoms with E-state index in [4.69, 9.17) is 5.73 Å². The molecule has 1 aromatic carbocycles.